The van der Waals surface area contributed by atoms with Crippen LogP contribution in [0.15, 0.2) is 42.5 Å². The standard InChI is InChI=1S/C19H19ClN2O3S/c1-12-3-6-16(9-13(12)2)22-18-11-26(24,25)10-17(18)21(19(22)23)15-7-4-14(20)5-8-15/h3-9,17-18H,10-11H2,1-2H3/t17-,18-/m0/s1. The van der Waals surface area contributed by atoms with Crippen molar-refractivity contribution in [2.24, 2.45) is 0 Å². The Morgan fingerprint density at radius 1 is 0.885 bits per heavy atom. The number of halogens is 1. The molecule has 2 amide bonds. The number of benzene rings is 2. The number of nitrogens with zero attached hydrogens (tertiary/aromatic N) is 2. The van der Waals surface area contributed by atoms with Gasteiger partial charge in [0.2, 0.25) is 0 Å². The Kier molecular flexibility index (Phi) is 4.00. The van der Waals surface area contributed by atoms with E-state index in [1.54, 1.807) is 34.1 Å². The van der Waals surface area contributed by atoms with Crippen molar-refractivity contribution in [2.75, 3.05) is 21.3 Å². The largest absolute Gasteiger partial charge is 0.329 e. The molecular weight excluding hydrogens is 372 g/mol. The molecule has 2 aromatic rings. The van der Waals surface area contributed by atoms with E-state index in [-0.39, 0.29) is 23.6 Å². The highest BCUT2D eigenvalue weighted by molar-refractivity contribution is 7.91. The van der Waals surface area contributed by atoms with Gasteiger partial charge in [0.1, 0.15) is 0 Å². The van der Waals surface area contributed by atoms with Crippen LogP contribution in [0.3, 0.4) is 0 Å². The molecule has 5 nitrogen and oxygen atoms in total. The van der Waals surface area contributed by atoms with E-state index in [0.717, 1.165) is 16.8 Å². The Morgan fingerprint density at radius 3 is 2.00 bits per heavy atom. The molecule has 0 unspecified atom stereocenters. The molecule has 2 aliphatic rings. The number of anilines is 2. The maximum atomic E-state index is 13.2. The highest BCUT2D eigenvalue weighted by Crippen LogP contribution is 2.38. The average Bonchev–Trinajstić information content (AvgIpc) is 3.00. The van der Waals surface area contributed by atoms with Gasteiger partial charge >= 0.3 is 6.03 Å². The van der Waals surface area contributed by atoms with E-state index < -0.39 is 15.9 Å². The second-order valence-electron chi connectivity index (χ2n) is 6.98. The summed E-state index contributed by atoms with van der Waals surface area (Å²) in [6.07, 6.45) is 0. The summed E-state index contributed by atoms with van der Waals surface area (Å²) in [5.41, 5.74) is 3.60. The zero-order chi connectivity index (χ0) is 18.6. The van der Waals surface area contributed by atoms with Crippen LogP contribution in [0.5, 0.6) is 0 Å². The van der Waals surface area contributed by atoms with Crippen LogP contribution in [0.2, 0.25) is 5.02 Å². The predicted octanol–water partition coefficient (Wildman–Crippen LogP) is 3.57. The third-order valence-corrected chi connectivity index (χ3v) is 7.19. The minimum Gasteiger partial charge on any atom is -0.288 e. The number of hydrogen-bond donors (Lipinski definition) is 0. The van der Waals surface area contributed by atoms with Gasteiger partial charge in [0.15, 0.2) is 9.84 Å². The number of aryl methyl sites for hydroxylation is 2. The summed E-state index contributed by atoms with van der Waals surface area (Å²) in [6.45, 7) is 3.99. The molecule has 0 N–H and O–H groups in total. The highest BCUT2D eigenvalue weighted by Gasteiger charge is 2.54. The fourth-order valence-corrected chi connectivity index (χ4v) is 5.83. The maximum absolute atomic E-state index is 13.2. The van der Waals surface area contributed by atoms with Gasteiger partial charge in [0.25, 0.3) is 0 Å². The minimum atomic E-state index is -3.20. The van der Waals surface area contributed by atoms with Gasteiger partial charge in [-0.3, -0.25) is 9.80 Å². The van der Waals surface area contributed by atoms with Gasteiger partial charge in [-0.25, -0.2) is 13.2 Å². The first-order chi connectivity index (χ1) is 12.3. The van der Waals surface area contributed by atoms with E-state index in [2.05, 4.69) is 0 Å². The molecule has 26 heavy (non-hydrogen) atoms. The molecule has 0 radical (unpaired) electrons. The van der Waals surface area contributed by atoms with Crippen LogP contribution in [0.1, 0.15) is 11.1 Å². The van der Waals surface area contributed by atoms with Gasteiger partial charge in [0.05, 0.1) is 23.6 Å². The van der Waals surface area contributed by atoms with Gasteiger partial charge in [-0.15, -0.1) is 0 Å². The second kappa shape index (κ2) is 5.99. The summed E-state index contributed by atoms with van der Waals surface area (Å²) in [4.78, 5) is 16.5. The molecule has 0 aliphatic carbocycles. The van der Waals surface area contributed by atoms with Crippen molar-refractivity contribution in [2.45, 2.75) is 25.9 Å². The van der Waals surface area contributed by atoms with E-state index in [4.69, 9.17) is 11.6 Å². The average molecular weight is 391 g/mol. The lowest BCUT2D eigenvalue weighted by molar-refractivity contribution is 0.255. The molecule has 2 aliphatic heterocycles. The van der Waals surface area contributed by atoms with E-state index in [1.165, 1.54) is 0 Å². The molecule has 4 rings (SSSR count). The van der Waals surface area contributed by atoms with Crippen LogP contribution in [-0.2, 0) is 9.84 Å². The Hall–Kier alpha value is -2.05. The molecule has 2 heterocycles. The number of sulfone groups is 1. The lowest BCUT2D eigenvalue weighted by atomic mass is 10.1. The molecule has 0 saturated carbocycles. The number of hydrogen-bond acceptors (Lipinski definition) is 3. The number of rotatable bonds is 2. The molecule has 136 valence electrons. The molecule has 2 aromatic carbocycles. The van der Waals surface area contributed by atoms with E-state index in [0.29, 0.717) is 10.7 Å². The van der Waals surface area contributed by atoms with Crippen LogP contribution >= 0.6 is 11.6 Å². The van der Waals surface area contributed by atoms with Gasteiger partial charge in [-0.1, -0.05) is 17.7 Å². The number of carbonyl (C=O) groups is 1. The van der Waals surface area contributed by atoms with Crippen molar-refractivity contribution in [3.8, 4) is 0 Å². The van der Waals surface area contributed by atoms with Gasteiger partial charge in [0, 0.05) is 16.4 Å². The SMILES string of the molecule is Cc1ccc(N2C(=O)N(c3ccc(Cl)cc3)[C@H]3CS(=O)(=O)C[C@@H]32)cc1C. The molecule has 0 aromatic heterocycles. The molecule has 2 atom stereocenters. The predicted molar refractivity (Wildman–Crippen MR) is 104 cm³/mol. The molecular formula is C19H19ClN2O3S. The van der Waals surface area contributed by atoms with Crippen molar-refractivity contribution < 1.29 is 13.2 Å². The fourth-order valence-electron chi connectivity index (χ4n) is 3.78. The molecule has 0 bridgehead atoms. The first-order valence-electron chi connectivity index (χ1n) is 8.42. The van der Waals surface area contributed by atoms with Crippen molar-refractivity contribution in [3.63, 3.8) is 0 Å². The number of urea groups is 1. The van der Waals surface area contributed by atoms with Crippen LogP contribution < -0.4 is 9.80 Å². The van der Waals surface area contributed by atoms with Crippen LogP contribution in [0.25, 0.3) is 0 Å². The monoisotopic (exact) mass is 390 g/mol. The molecule has 2 saturated heterocycles. The van der Waals surface area contributed by atoms with Crippen LogP contribution in [-0.4, -0.2) is 38.0 Å². The number of amides is 2. The Morgan fingerprint density at radius 2 is 1.42 bits per heavy atom. The topological polar surface area (TPSA) is 57.7 Å². The fraction of sp³-hybridized carbons (Fsp3) is 0.316. The van der Waals surface area contributed by atoms with Gasteiger partial charge in [-0.05, 0) is 61.4 Å². The molecule has 7 heteroatoms. The summed E-state index contributed by atoms with van der Waals surface area (Å²) >= 11 is 5.96. The van der Waals surface area contributed by atoms with E-state index in [1.807, 2.05) is 32.0 Å². The lowest BCUT2D eigenvalue weighted by Gasteiger charge is -2.23. The van der Waals surface area contributed by atoms with E-state index in [9.17, 15) is 13.2 Å². The Bertz CT molecular complexity index is 988. The summed E-state index contributed by atoms with van der Waals surface area (Å²) in [5.74, 6) is -0.0339. The minimum absolute atomic E-state index is 0.0135. The van der Waals surface area contributed by atoms with Gasteiger partial charge in [-0.2, -0.15) is 0 Å². The van der Waals surface area contributed by atoms with Crippen molar-refractivity contribution in [1.29, 1.82) is 0 Å². The van der Waals surface area contributed by atoms with Crippen molar-refractivity contribution in [1.82, 2.24) is 0 Å². The number of carbonyl (C=O) groups excluding carboxylic acids is 1. The first kappa shape index (κ1) is 17.4. The summed E-state index contributed by atoms with van der Waals surface area (Å²) in [5, 5.41) is 0.571. The molecule has 0 spiro atoms. The smallest absolute Gasteiger partial charge is 0.288 e. The van der Waals surface area contributed by atoms with E-state index >= 15 is 0 Å². The highest BCUT2D eigenvalue weighted by atomic mass is 35.5. The quantitative estimate of drug-likeness (QED) is 0.736. The third kappa shape index (κ3) is 2.77. The molecule has 2 fully saturated rings. The van der Waals surface area contributed by atoms with Crippen molar-refractivity contribution in [3.05, 3.63) is 58.6 Å². The summed E-state index contributed by atoms with van der Waals surface area (Å²) < 4.78 is 24.6. The number of fused-ring (bicyclic) bond motifs is 1. The Labute approximate surface area is 158 Å². The lowest BCUT2D eigenvalue weighted by Crippen LogP contribution is -2.37. The maximum Gasteiger partial charge on any atom is 0.329 e. The normalized spacial score (nSPS) is 24.2. The van der Waals surface area contributed by atoms with Gasteiger partial charge < -0.3 is 0 Å². The van der Waals surface area contributed by atoms with Crippen molar-refractivity contribution >= 4 is 38.8 Å². The second-order valence-corrected chi connectivity index (χ2v) is 9.57. The first-order valence-corrected chi connectivity index (χ1v) is 10.6. The summed E-state index contributed by atoms with van der Waals surface area (Å²) in [6, 6.07) is 11.7. The zero-order valence-electron chi connectivity index (χ0n) is 14.5. The third-order valence-electron chi connectivity index (χ3n) is 5.24. The summed E-state index contributed by atoms with van der Waals surface area (Å²) in [7, 11) is -3.20. The Balaban J connectivity index is 1.81. The zero-order valence-corrected chi connectivity index (χ0v) is 16.1. The van der Waals surface area contributed by atoms with Crippen LogP contribution in [0, 0.1) is 13.8 Å². The van der Waals surface area contributed by atoms with Crippen LogP contribution in [0.4, 0.5) is 16.2 Å².